The van der Waals surface area contributed by atoms with E-state index in [0.29, 0.717) is 17.5 Å². The molecule has 2 aromatic rings. The lowest BCUT2D eigenvalue weighted by atomic mass is 9.91. The van der Waals surface area contributed by atoms with Crippen molar-refractivity contribution in [3.8, 4) is 5.75 Å². The molecule has 0 radical (unpaired) electrons. The fourth-order valence-electron chi connectivity index (χ4n) is 3.40. The van der Waals surface area contributed by atoms with Crippen molar-refractivity contribution in [2.24, 2.45) is 0 Å². The van der Waals surface area contributed by atoms with E-state index in [2.05, 4.69) is 29.1 Å². The Hall–Kier alpha value is -3.16. The van der Waals surface area contributed by atoms with Gasteiger partial charge in [0.25, 0.3) is 0 Å². The highest BCUT2D eigenvalue weighted by molar-refractivity contribution is 5.77. The molecule has 1 atom stereocenters. The Morgan fingerprint density at radius 2 is 1.77 bits per heavy atom. The van der Waals surface area contributed by atoms with Crippen LogP contribution in [0.5, 0.6) is 5.75 Å². The van der Waals surface area contributed by atoms with Crippen LogP contribution in [-0.2, 0) is 11.2 Å². The summed E-state index contributed by atoms with van der Waals surface area (Å²) in [5.74, 6) is 0.308. The number of carbonyl (C=O) groups excluding carboxylic acids is 1. The Morgan fingerprint density at radius 3 is 2.32 bits per heavy atom. The van der Waals surface area contributed by atoms with E-state index in [9.17, 15) is 14.7 Å². The summed E-state index contributed by atoms with van der Waals surface area (Å²) in [5.41, 5.74) is 1.77. The van der Waals surface area contributed by atoms with Gasteiger partial charge < -0.3 is 20.1 Å². The molecule has 0 aliphatic rings. The number of benzene rings is 1. The van der Waals surface area contributed by atoms with Gasteiger partial charge in [-0.2, -0.15) is 0 Å². The third-order valence-electron chi connectivity index (χ3n) is 5.00. The molecule has 2 N–H and O–H groups in total. The molecule has 1 aromatic carbocycles. The SMILES string of the molecule is CCCC(CCC)c1cncnc1N[C@@H](Cc1ccc(OC(=O)N(C)C)cc1)C(=O)O. The van der Waals surface area contributed by atoms with Crippen molar-refractivity contribution in [2.75, 3.05) is 19.4 Å². The van der Waals surface area contributed by atoms with Crippen molar-refractivity contribution in [3.63, 3.8) is 0 Å². The predicted molar refractivity (Wildman–Crippen MR) is 119 cm³/mol. The van der Waals surface area contributed by atoms with Crippen LogP contribution in [0.2, 0.25) is 0 Å². The molecule has 0 saturated carbocycles. The first-order valence-corrected chi connectivity index (χ1v) is 10.6. The molecule has 1 amide bonds. The average molecular weight is 429 g/mol. The molecular weight excluding hydrogens is 396 g/mol. The number of carboxylic acid groups (broad SMARTS) is 1. The van der Waals surface area contributed by atoms with Gasteiger partial charge in [0, 0.05) is 32.3 Å². The molecular formula is C23H32N4O4. The normalized spacial score (nSPS) is 11.8. The fourth-order valence-corrected chi connectivity index (χ4v) is 3.40. The largest absolute Gasteiger partial charge is 0.480 e. The molecule has 8 nitrogen and oxygen atoms in total. The second kappa shape index (κ2) is 11.9. The summed E-state index contributed by atoms with van der Waals surface area (Å²) >= 11 is 0. The summed E-state index contributed by atoms with van der Waals surface area (Å²) < 4.78 is 5.20. The highest BCUT2D eigenvalue weighted by Gasteiger charge is 2.22. The zero-order chi connectivity index (χ0) is 22.8. The molecule has 8 heteroatoms. The van der Waals surface area contributed by atoms with Crippen molar-refractivity contribution in [2.45, 2.75) is 57.9 Å². The zero-order valence-corrected chi connectivity index (χ0v) is 18.7. The highest BCUT2D eigenvalue weighted by Crippen LogP contribution is 2.30. The molecule has 0 aliphatic heterocycles. The molecule has 0 fully saturated rings. The number of amides is 1. The van der Waals surface area contributed by atoms with Gasteiger partial charge in [0.05, 0.1) is 0 Å². The number of carbonyl (C=O) groups is 2. The van der Waals surface area contributed by atoms with E-state index in [0.717, 1.165) is 36.8 Å². The van der Waals surface area contributed by atoms with Crippen LogP contribution in [0.3, 0.4) is 0 Å². The lowest BCUT2D eigenvalue weighted by Crippen LogP contribution is -2.32. The van der Waals surface area contributed by atoms with Crippen molar-refractivity contribution in [1.29, 1.82) is 0 Å². The second-order valence-electron chi connectivity index (χ2n) is 7.75. The van der Waals surface area contributed by atoms with Crippen molar-refractivity contribution < 1.29 is 19.4 Å². The molecule has 0 unspecified atom stereocenters. The van der Waals surface area contributed by atoms with Gasteiger partial charge in [-0.25, -0.2) is 19.6 Å². The first kappa shape index (κ1) is 24.1. The first-order valence-electron chi connectivity index (χ1n) is 10.6. The maximum absolute atomic E-state index is 11.9. The standard InChI is InChI=1S/C23H32N4O4/c1-5-7-17(8-6-2)19-14-24-15-25-21(19)26-20(22(28)29)13-16-9-11-18(12-10-16)31-23(30)27(3)4/h9-12,14-15,17,20H,5-8,13H2,1-4H3,(H,28,29)(H,24,25,26)/t20-/m0/s1. The molecule has 31 heavy (non-hydrogen) atoms. The Morgan fingerprint density at radius 1 is 1.13 bits per heavy atom. The molecule has 0 spiro atoms. The zero-order valence-electron chi connectivity index (χ0n) is 18.7. The van der Waals surface area contributed by atoms with E-state index in [1.807, 2.05) is 0 Å². The molecule has 2 rings (SSSR count). The van der Waals surface area contributed by atoms with E-state index in [-0.39, 0.29) is 6.42 Å². The van der Waals surface area contributed by atoms with Crippen LogP contribution >= 0.6 is 0 Å². The van der Waals surface area contributed by atoms with E-state index in [1.54, 1.807) is 44.6 Å². The summed E-state index contributed by atoms with van der Waals surface area (Å²) in [6.45, 7) is 4.28. The number of carboxylic acids is 1. The van der Waals surface area contributed by atoms with Gasteiger partial charge in [-0.1, -0.05) is 38.8 Å². The number of nitrogens with zero attached hydrogens (tertiary/aromatic N) is 3. The summed E-state index contributed by atoms with van der Waals surface area (Å²) in [4.78, 5) is 33.4. The van der Waals surface area contributed by atoms with E-state index in [1.165, 1.54) is 11.2 Å². The first-order chi connectivity index (χ1) is 14.8. The molecule has 1 aromatic heterocycles. The summed E-state index contributed by atoms with van der Waals surface area (Å²) in [7, 11) is 3.21. The van der Waals surface area contributed by atoms with Crippen LogP contribution < -0.4 is 10.1 Å². The maximum atomic E-state index is 11.9. The minimum Gasteiger partial charge on any atom is -0.480 e. The number of aliphatic carboxylic acids is 1. The monoisotopic (exact) mass is 428 g/mol. The minimum atomic E-state index is -0.963. The highest BCUT2D eigenvalue weighted by atomic mass is 16.6. The summed E-state index contributed by atoms with van der Waals surface area (Å²) in [5, 5.41) is 12.9. The van der Waals surface area contributed by atoms with Gasteiger partial charge in [-0.3, -0.25) is 0 Å². The van der Waals surface area contributed by atoms with Gasteiger partial charge in [0.1, 0.15) is 23.9 Å². The Kier molecular flexibility index (Phi) is 9.24. The lowest BCUT2D eigenvalue weighted by molar-refractivity contribution is -0.137. The third kappa shape index (κ3) is 7.24. The number of hydrogen-bond acceptors (Lipinski definition) is 6. The van der Waals surface area contributed by atoms with Crippen LogP contribution in [0, 0.1) is 0 Å². The van der Waals surface area contributed by atoms with E-state index < -0.39 is 18.1 Å². The number of rotatable bonds is 11. The third-order valence-corrected chi connectivity index (χ3v) is 5.00. The number of ether oxygens (including phenoxy) is 1. The topological polar surface area (TPSA) is 105 Å². The summed E-state index contributed by atoms with van der Waals surface area (Å²) in [6, 6.07) is 5.98. The number of hydrogen-bond donors (Lipinski definition) is 2. The smallest absolute Gasteiger partial charge is 0.414 e. The average Bonchev–Trinajstić information content (AvgIpc) is 2.74. The van der Waals surface area contributed by atoms with Crippen molar-refractivity contribution in [3.05, 3.63) is 47.9 Å². The number of aromatic nitrogens is 2. The van der Waals surface area contributed by atoms with Crippen molar-refractivity contribution in [1.82, 2.24) is 14.9 Å². The second-order valence-corrected chi connectivity index (χ2v) is 7.75. The summed E-state index contributed by atoms with van der Waals surface area (Å²) in [6.07, 6.45) is 7.08. The molecule has 0 bridgehead atoms. The molecule has 0 aliphatic carbocycles. The van der Waals surface area contributed by atoms with Gasteiger partial charge in [0.2, 0.25) is 0 Å². The Labute approximate surface area is 183 Å². The molecule has 0 saturated heterocycles. The van der Waals surface area contributed by atoms with Crippen LogP contribution in [-0.4, -0.2) is 52.2 Å². The van der Waals surface area contributed by atoms with Gasteiger partial charge >= 0.3 is 12.1 Å². The van der Waals surface area contributed by atoms with E-state index in [4.69, 9.17) is 4.74 Å². The Balaban J connectivity index is 2.16. The number of anilines is 1. The van der Waals surface area contributed by atoms with Crippen LogP contribution in [0.25, 0.3) is 0 Å². The van der Waals surface area contributed by atoms with Crippen molar-refractivity contribution >= 4 is 17.9 Å². The van der Waals surface area contributed by atoms with E-state index >= 15 is 0 Å². The maximum Gasteiger partial charge on any atom is 0.414 e. The van der Waals surface area contributed by atoms with Crippen LogP contribution in [0.1, 0.15) is 56.6 Å². The molecule has 1 heterocycles. The lowest BCUT2D eigenvalue weighted by Gasteiger charge is -2.22. The Bertz CT molecular complexity index is 849. The fraction of sp³-hybridized carbons (Fsp3) is 0.478. The quantitative estimate of drug-likeness (QED) is 0.549. The van der Waals surface area contributed by atoms with Crippen LogP contribution in [0.4, 0.5) is 10.6 Å². The molecule has 168 valence electrons. The predicted octanol–water partition coefficient (Wildman–Crippen LogP) is 4.33. The van der Waals surface area contributed by atoms with Gasteiger partial charge in [0.15, 0.2) is 0 Å². The number of nitrogens with one attached hydrogen (secondary N) is 1. The minimum absolute atomic E-state index is 0.257. The van der Waals surface area contributed by atoms with Gasteiger partial charge in [-0.15, -0.1) is 0 Å². The van der Waals surface area contributed by atoms with Gasteiger partial charge in [-0.05, 0) is 36.5 Å². The van der Waals surface area contributed by atoms with Crippen LogP contribution in [0.15, 0.2) is 36.8 Å².